The molecule has 2 aromatic heterocycles. The zero-order valence-corrected chi connectivity index (χ0v) is 17.7. The molecule has 2 heterocycles. The molecule has 0 saturated carbocycles. The van der Waals surface area contributed by atoms with Gasteiger partial charge in [-0.3, -0.25) is 0 Å². The van der Waals surface area contributed by atoms with Gasteiger partial charge in [0.05, 0.1) is 22.3 Å². The van der Waals surface area contributed by atoms with E-state index in [2.05, 4.69) is 21.0 Å². The van der Waals surface area contributed by atoms with Crippen LogP contribution < -0.4 is 4.90 Å². The maximum atomic E-state index is 9.60. The summed E-state index contributed by atoms with van der Waals surface area (Å²) in [5, 5.41) is 13.2. The third kappa shape index (κ3) is 4.50. The largest absolute Gasteiger partial charge is 0.378 e. The molecular formula is C22H19N5S2. The quantitative estimate of drug-likeness (QED) is 0.334. The Morgan fingerprint density at radius 2 is 1.97 bits per heavy atom. The van der Waals surface area contributed by atoms with Crippen LogP contribution in [0.25, 0.3) is 22.7 Å². The van der Waals surface area contributed by atoms with Crippen LogP contribution in [0.5, 0.6) is 0 Å². The number of imidazole rings is 1. The number of aromatic amines is 1. The maximum absolute atomic E-state index is 9.60. The number of fused-ring (bicyclic) bond motifs is 1. The summed E-state index contributed by atoms with van der Waals surface area (Å²) in [6, 6.07) is 18.4. The van der Waals surface area contributed by atoms with E-state index in [1.165, 1.54) is 11.3 Å². The number of H-pyrrole nitrogens is 1. The van der Waals surface area contributed by atoms with Crippen LogP contribution in [-0.2, 0) is 5.75 Å². The molecule has 0 aliphatic carbocycles. The molecule has 144 valence electrons. The fraction of sp³-hybridized carbons (Fsp3) is 0.136. The number of thiazole rings is 1. The van der Waals surface area contributed by atoms with E-state index in [0.717, 1.165) is 38.1 Å². The average molecular weight is 418 g/mol. The minimum Gasteiger partial charge on any atom is -0.378 e. The van der Waals surface area contributed by atoms with Crippen molar-refractivity contribution in [2.24, 2.45) is 0 Å². The number of hydrogen-bond donors (Lipinski definition) is 1. The Morgan fingerprint density at radius 3 is 2.69 bits per heavy atom. The maximum Gasteiger partial charge on any atom is 0.166 e. The molecule has 5 nitrogen and oxygen atoms in total. The predicted molar refractivity (Wildman–Crippen MR) is 122 cm³/mol. The SMILES string of the molecule is CN(C)c1ccc(/C=C(\C#N)c2nc(CSc3nc4ccccc4[nH]3)cs2)cc1. The molecule has 4 rings (SSSR count). The van der Waals surface area contributed by atoms with Gasteiger partial charge in [0, 0.05) is 30.9 Å². The van der Waals surface area contributed by atoms with Gasteiger partial charge < -0.3 is 9.88 Å². The van der Waals surface area contributed by atoms with Crippen molar-refractivity contribution >= 4 is 51.5 Å². The van der Waals surface area contributed by atoms with Gasteiger partial charge in [-0.1, -0.05) is 36.0 Å². The second-order valence-corrected chi connectivity index (χ2v) is 8.47. The van der Waals surface area contributed by atoms with E-state index in [-0.39, 0.29) is 0 Å². The fourth-order valence-corrected chi connectivity index (χ4v) is 4.48. The number of allylic oxidation sites excluding steroid dienone is 1. The van der Waals surface area contributed by atoms with Gasteiger partial charge in [-0.15, -0.1) is 11.3 Å². The first-order chi connectivity index (χ1) is 14.1. The molecule has 0 spiro atoms. The molecule has 7 heteroatoms. The molecule has 2 aromatic carbocycles. The first kappa shape index (κ1) is 19.2. The number of nitriles is 1. The van der Waals surface area contributed by atoms with Gasteiger partial charge in [0.2, 0.25) is 0 Å². The van der Waals surface area contributed by atoms with E-state index in [4.69, 9.17) is 0 Å². The monoisotopic (exact) mass is 417 g/mol. The van der Waals surface area contributed by atoms with Gasteiger partial charge >= 0.3 is 0 Å². The van der Waals surface area contributed by atoms with Crippen LogP contribution in [0.1, 0.15) is 16.3 Å². The lowest BCUT2D eigenvalue weighted by Gasteiger charge is -2.11. The number of hydrogen-bond acceptors (Lipinski definition) is 6. The number of para-hydroxylation sites is 2. The lowest BCUT2D eigenvalue weighted by atomic mass is 10.1. The molecule has 0 atom stereocenters. The van der Waals surface area contributed by atoms with Crippen LogP contribution in [0.4, 0.5) is 5.69 Å². The van der Waals surface area contributed by atoms with E-state index >= 15 is 0 Å². The molecule has 4 aromatic rings. The van der Waals surface area contributed by atoms with Crippen LogP contribution >= 0.6 is 23.1 Å². The highest BCUT2D eigenvalue weighted by Crippen LogP contribution is 2.27. The van der Waals surface area contributed by atoms with Crippen molar-refractivity contribution < 1.29 is 0 Å². The van der Waals surface area contributed by atoms with Crippen molar-refractivity contribution in [2.75, 3.05) is 19.0 Å². The summed E-state index contributed by atoms with van der Waals surface area (Å²) in [5.41, 5.74) is 5.63. The Hall–Kier alpha value is -3.08. The van der Waals surface area contributed by atoms with Gasteiger partial charge in [0.25, 0.3) is 0 Å². The van der Waals surface area contributed by atoms with Crippen LogP contribution in [-0.4, -0.2) is 29.0 Å². The second-order valence-electron chi connectivity index (χ2n) is 6.65. The third-order valence-corrected chi connectivity index (χ3v) is 6.18. The van der Waals surface area contributed by atoms with Crippen molar-refractivity contribution in [1.29, 1.82) is 5.26 Å². The van der Waals surface area contributed by atoms with Crippen molar-refractivity contribution in [3.8, 4) is 6.07 Å². The van der Waals surface area contributed by atoms with Gasteiger partial charge in [-0.25, -0.2) is 9.97 Å². The number of nitrogens with one attached hydrogen (secondary N) is 1. The number of nitrogens with zero attached hydrogens (tertiary/aromatic N) is 4. The molecule has 0 bridgehead atoms. The molecular weight excluding hydrogens is 398 g/mol. The van der Waals surface area contributed by atoms with Crippen molar-refractivity contribution in [3.05, 3.63) is 70.2 Å². The van der Waals surface area contributed by atoms with E-state index < -0.39 is 0 Å². The summed E-state index contributed by atoms with van der Waals surface area (Å²) < 4.78 is 0. The number of aromatic nitrogens is 3. The summed E-state index contributed by atoms with van der Waals surface area (Å²) in [7, 11) is 4.01. The minimum absolute atomic E-state index is 0.576. The molecule has 0 saturated heterocycles. The van der Waals surface area contributed by atoms with Crippen LogP contribution in [0.3, 0.4) is 0 Å². The van der Waals surface area contributed by atoms with Gasteiger partial charge in [0.1, 0.15) is 11.1 Å². The highest BCUT2D eigenvalue weighted by Gasteiger charge is 2.10. The van der Waals surface area contributed by atoms with Crippen molar-refractivity contribution in [1.82, 2.24) is 15.0 Å². The summed E-state index contributed by atoms with van der Waals surface area (Å²) in [6.07, 6.45) is 1.88. The van der Waals surface area contributed by atoms with Gasteiger partial charge in [-0.2, -0.15) is 5.26 Å². The van der Waals surface area contributed by atoms with E-state index in [9.17, 15) is 5.26 Å². The molecule has 0 aliphatic heterocycles. The smallest absolute Gasteiger partial charge is 0.166 e. The fourth-order valence-electron chi connectivity index (χ4n) is 2.81. The number of thioether (sulfide) groups is 1. The summed E-state index contributed by atoms with van der Waals surface area (Å²) in [5.74, 6) is 0.701. The van der Waals surface area contributed by atoms with Crippen molar-refractivity contribution in [3.63, 3.8) is 0 Å². The van der Waals surface area contributed by atoms with Gasteiger partial charge in [0.15, 0.2) is 5.16 Å². The summed E-state index contributed by atoms with van der Waals surface area (Å²) in [4.78, 5) is 14.6. The zero-order valence-electron chi connectivity index (χ0n) is 16.1. The summed E-state index contributed by atoms with van der Waals surface area (Å²) in [6.45, 7) is 0. The first-order valence-corrected chi connectivity index (χ1v) is 10.9. The lowest BCUT2D eigenvalue weighted by molar-refractivity contribution is 1.07. The molecule has 0 aliphatic rings. The standard InChI is InChI=1S/C22H19N5S2/c1-27(2)18-9-7-15(8-10-18)11-16(12-23)21-24-17(13-28-21)14-29-22-25-19-5-3-4-6-20(19)26-22/h3-11,13H,14H2,1-2H3,(H,25,26)/b16-11+. The third-order valence-electron chi connectivity index (χ3n) is 4.35. The Labute approximate surface area is 177 Å². The van der Waals surface area contributed by atoms with Gasteiger partial charge in [-0.05, 0) is 35.9 Å². The van der Waals surface area contributed by atoms with Crippen LogP contribution in [0.15, 0.2) is 59.1 Å². The molecule has 29 heavy (non-hydrogen) atoms. The minimum atomic E-state index is 0.576. The predicted octanol–water partition coefficient (Wildman–Crippen LogP) is 5.44. The molecule has 0 radical (unpaired) electrons. The van der Waals surface area contributed by atoms with E-state index in [1.54, 1.807) is 11.8 Å². The average Bonchev–Trinajstić information content (AvgIpc) is 3.37. The number of anilines is 1. The topological polar surface area (TPSA) is 68.6 Å². The van der Waals surface area contributed by atoms with E-state index in [0.29, 0.717) is 11.3 Å². The number of benzene rings is 2. The molecule has 0 fully saturated rings. The van der Waals surface area contributed by atoms with E-state index in [1.807, 2.05) is 79.0 Å². The van der Waals surface area contributed by atoms with Crippen LogP contribution in [0.2, 0.25) is 0 Å². The normalized spacial score (nSPS) is 11.6. The second kappa shape index (κ2) is 8.52. The summed E-state index contributed by atoms with van der Waals surface area (Å²) >= 11 is 3.11. The van der Waals surface area contributed by atoms with Crippen LogP contribution in [0, 0.1) is 11.3 Å². The van der Waals surface area contributed by atoms with Crippen molar-refractivity contribution in [2.45, 2.75) is 10.9 Å². The highest BCUT2D eigenvalue weighted by atomic mass is 32.2. The Morgan fingerprint density at radius 1 is 1.17 bits per heavy atom. The Bertz CT molecular complexity index is 1160. The first-order valence-electron chi connectivity index (χ1n) is 9.04. The molecule has 0 unspecified atom stereocenters. The zero-order chi connectivity index (χ0) is 20.2. The lowest BCUT2D eigenvalue weighted by Crippen LogP contribution is -2.07. The Kier molecular flexibility index (Phi) is 5.65. The molecule has 0 amide bonds. The number of rotatable bonds is 6. The Balaban J connectivity index is 1.47. The highest BCUT2D eigenvalue weighted by molar-refractivity contribution is 7.98. The molecule has 1 N–H and O–H groups in total.